The molecule has 0 aliphatic carbocycles. The van der Waals surface area contributed by atoms with Gasteiger partial charge in [-0.1, -0.05) is 30.3 Å². The van der Waals surface area contributed by atoms with Gasteiger partial charge in [0.05, 0.1) is 12.2 Å². The monoisotopic (exact) mass is 462 g/mol. The number of benzene rings is 2. The second kappa shape index (κ2) is 10.3. The van der Waals surface area contributed by atoms with Crippen LogP contribution in [0.4, 0.5) is 0 Å². The van der Waals surface area contributed by atoms with Crippen LogP contribution in [0.15, 0.2) is 48.5 Å². The molecule has 0 saturated carbocycles. The Kier molecular flexibility index (Phi) is 7.51. The molecule has 2 aromatic carbocycles. The SMILES string of the molecule is O=C(C=Cc1ccccc1)O[C@H]1[C@H](OC(=O)c2cc(O)c(O)c(O)c2)O[C@H](CO)[C@@H](O)[C@@H]1O. The Morgan fingerprint density at radius 3 is 2.21 bits per heavy atom. The Hall–Kier alpha value is -3.64. The predicted octanol–water partition coefficient (Wildman–Crippen LogP) is 0.0244. The third-order valence-corrected chi connectivity index (χ3v) is 4.82. The van der Waals surface area contributed by atoms with E-state index in [0.717, 1.165) is 18.2 Å². The zero-order valence-corrected chi connectivity index (χ0v) is 17.0. The number of aliphatic hydroxyl groups excluding tert-OH is 3. The molecule has 1 saturated heterocycles. The molecular weight excluding hydrogens is 440 g/mol. The molecule has 0 bridgehead atoms. The van der Waals surface area contributed by atoms with Gasteiger partial charge in [0.25, 0.3) is 0 Å². The molecule has 1 fully saturated rings. The first-order valence-corrected chi connectivity index (χ1v) is 9.73. The van der Waals surface area contributed by atoms with Crippen molar-refractivity contribution in [2.75, 3.05) is 6.61 Å². The fourth-order valence-electron chi connectivity index (χ4n) is 3.07. The molecule has 0 unspecified atom stereocenters. The van der Waals surface area contributed by atoms with Gasteiger partial charge in [-0.25, -0.2) is 9.59 Å². The maximum absolute atomic E-state index is 12.5. The van der Waals surface area contributed by atoms with Crippen molar-refractivity contribution in [2.45, 2.75) is 30.7 Å². The third kappa shape index (κ3) is 5.59. The van der Waals surface area contributed by atoms with E-state index in [1.54, 1.807) is 30.3 Å². The van der Waals surface area contributed by atoms with E-state index in [-0.39, 0.29) is 0 Å². The molecule has 3 rings (SSSR count). The summed E-state index contributed by atoms with van der Waals surface area (Å²) >= 11 is 0. The molecule has 0 aromatic heterocycles. The van der Waals surface area contributed by atoms with Crippen LogP contribution in [0, 0.1) is 0 Å². The third-order valence-electron chi connectivity index (χ3n) is 4.82. The summed E-state index contributed by atoms with van der Waals surface area (Å²) in [5, 5.41) is 58.5. The first-order valence-electron chi connectivity index (χ1n) is 9.73. The standard InChI is InChI=1S/C22H22O11/c23-10-15-18(28)19(29)20(32-16(26)7-6-11-4-2-1-3-5-11)22(31-15)33-21(30)12-8-13(24)17(27)14(25)9-12/h1-9,15,18-20,22-25,27-29H,10H2/t15-,18-,19+,20-,22+/m1/s1. The molecule has 0 radical (unpaired) electrons. The summed E-state index contributed by atoms with van der Waals surface area (Å²) in [6.07, 6.45) is -5.77. The zero-order chi connectivity index (χ0) is 24.1. The van der Waals surface area contributed by atoms with Gasteiger partial charge in [0, 0.05) is 6.08 Å². The normalized spacial score (nSPS) is 25.0. The molecule has 2 aromatic rings. The van der Waals surface area contributed by atoms with Crippen molar-refractivity contribution >= 4 is 18.0 Å². The topological polar surface area (TPSA) is 183 Å². The highest BCUT2D eigenvalue weighted by molar-refractivity contribution is 5.91. The van der Waals surface area contributed by atoms with Crippen molar-refractivity contribution in [1.82, 2.24) is 0 Å². The van der Waals surface area contributed by atoms with E-state index in [4.69, 9.17) is 14.2 Å². The second-order valence-corrected chi connectivity index (χ2v) is 7.12. The molecule has 11 heteroatoms. The van der Waals surface area contributed by atoms with E-state index in [1.165, 1.54) is 6.08 Å². The van der Waals surface area contributed by atoms with E-state index in [0.29, 0.717) is 5.56 Å². The van der Waals surface area contributed by atoms with Gasteiger partial charge < -0.3 is 44.8 Å². The number of aromatic hydroxyl groups is 3. The fourth-order valence-corrected chi connectivity index (χ4v) is 3.07. The first kappa shape index (κ1) is 24.0. The Balaban J connectivity index is 1.79. The van der Waals surface area contributed by atoms with Crippen molar-refractivity contribution in [1.29, 1.82) is 0 Å². The fraction of sp³-hybridized carbons (Fsp3) is 0.273. The van der Waals surface area contributed by atoms with Gasteiger partial charge in [-0.15, -0.1) is 0 Å². The summed E-state index contributed by atoms with van der Waals surface area (Å²) in [5.74, 6) is -4.58. The Morgan fingerprint density at radius 2 is 1.61 bits per heavy atom. The molecule has 1 aliphatic heterocycles. The van der Waals surface area contributed by atoms with Crippen molar-refractivity contribution in [3.63, 3.8) is 0 Å². The number of ether oxygens (including phenoxy) is 3. The lowest BCUT2D eigenvalue weighted by molar-refractivity contribution is -0.288. The van der Waals surface area contributed by atoms with Crippen LogP contribution >= 0.6 is 0 Å². The molecule has 5 atom stereocenters. The largest absolute Gasteiger partial charge is 0.504 e. The number of rotatable bonds is 6. The summed E-state index contributed by atoms with van der Waals surface area (Å²) in [7, 11) is 0. The minimum atomic E-state index is -1.79. The van der Waals surface area contributed by atoms with Crippen LogP contribution < -0.4 is 0 Å². The highest BCUT2D eigenvalue weighted by Gasteiger charge is 2.48. The lowest BCUT2D eigenvalue weighted by Crippen LogP contribution is -2.60. The van der Waals surface area contributed by atoms with Crippen molar-refractivity contribution < 1.29 is 54.4 Å². The van der Waals surface area contributed by atoms with E-state index in [1.807, 2.05) is 0 Å². The van der Waals surface area contributed by atoms with Gasteiger partial charge in [-0.05, 0) is 23.8 Å². The maximum atomic E-state index is 12.5. The number of phenols is 3. The average molecular weight is 462 g/mol. The lowest BCUT2D eigenvalue weighted by Gasteiger charge is -2.40. The second-order valence-electron chi connectivity index (χ2n) is 7.12. The summed E-state index contributed by atoms with van der Waals surface area (Å²) in [5.41, 5.74) is 0.284. The Labute approximate surface area is 187 Å². The first-order chi connectivity index (χ1) is 15.7. The lowest BCUT2D eigenvalue weighted by atomic mass is 9.99. The van der Waals surface area contributed by atoms with Gasteiger partial charge in [-0.3, -0.25) is 0 Å². The van der Waals surface area contributed by atoms with Gasteiger partial charge >= 0.3 is 11.9 Å². The van der Waals surface area contributed by atoms with Crippen LogP contribution in [-0.2, 0) is 19.0 Å². The van der Waals surface area contributed by atoms with Crippen LogP contribution in [0.25, 0.3) is 6.08 Å². The number of phenolic OH excluding ortho intramolecular Hbond substituents is 3. The van der Waals surface area contributed by atoms with E-state index in [9.17, 15) is 40.2 Å². The molecule has 0 amide bonds. The number of hydrogen-bond acceptors (Lipinski definition) is 11. The molecule has 11 nitrogen and oxygen atoms in total. The summed E-state index contributed by atoms with van der Waals surface area (Å²) in [4.78, 5) is 24.8. The van der Waals surface area contributed by atoms with E-state index >= 15 is 0 Å². The van der Waals surface area contributed by atoms with E-state index < -0.39 is 72.1 Å². The zero-order valence-electron chi connectivity index (χ0n) is 17.0. The van der Waals surface area contributed by atoms with Crippen molar-refractivity contribution in [2.24, 2.45) is 0 Å². The Bertz CT molecular complexity index is 997. The summed E-state index contributed by atoms with van der Waals surface area (Å²) in [6.45, 7) is -0.748. The maximum Gasteiger partial charge on any atom is 0.340 e. The van der Waals surface area contributed by atoms with Crippen LogP contribution in [-0.4, -0.2) is 79.9 Å². The number of carbonyl (C=O) groups excluding carboxylic acids is 2. The number of hydrogen-bond donors (Lipinski definition) is 6. The minimum absolute atomic E-state index is 0.401. The molecule has 1 aliphatic rings. The van der Waals surface area contributed by atoms with Crippen molar-refractivity contribution in [3.8, 4) is 17.2 Å². The highest BCUT2D eigenvalue weighted by atomic mass is 16.7. The summed E-state index contributed by atoms with van der Waals surface area (Å²) in [6, 6.07) is 10.4. The number of aliphatic hydroxyl groups is 3. The quantitative estimate of drug-likeness (QED) is 0.193. The molecular formula is C22H22O11. The van der Waals surface area contributed by atoms with Crippen LogP contribution in [0.3, 0.4) is 0 Å². The van der Waals surface area contributed by atoms with Crippen LogP contribution in [0.1, 0.15) is 15.9 Å². The molecule has 1 heterocycles. The molecule has 176 valence electrons. The van der Waals surface area contributed by atoms with Gasteiger partial charge in [0.2, 0.25) is 6.29 Å². The predicted molar refractivity (Wildman–Crippen MR) is 110 cm³/mol. The van der Waals surface area contributed by atoms with Gasteiger partial charge in [0.15, 0.2) is 23.4 Å². The van der Waals surface area contributed by atoms with E-state index in [2.05, 4.69) is 0 Å². The van der Waals surface area contributed by atoms with Gasteiger partial charge in [0.1, 0.15) is 18.3 Å². The molecule has 6 N–H and O–H groups in total. The Morgan fingerprint density at radius 1 is 0.970 bits per heavy atom. The van der Waals surface area contributed by atoms with Crippen LogP contribution in [0.5, 0.6) is 17.2 Å². The molecule has 33 heavy (non-hydrogen) atoms. The average Bonchev–Trinajstić information content (AvgIpc) is 2.81. The van der Waals surface area contributed by atoms with Gasteiger partial charge in [-0.2, -0.15) is 0 Å². The van der Waals surface area contributed by atoms with Crippen LogP contribution in [0.2, 0.25) is 0 Å². The summed E-state index contributed by atoms with van der Waals surface area (Å²) < 4.78 is 15.5. The highest BCUT2D eigenvalue weighted by Crippen LogP contribution is 2.36. The molecule has 0 spiro atoms. The number of esters is 2. The van der Waals surface area contributed by atoms with Crippen molar-refractivity contribution in [3.05, 3.63) is 59.7 Å². The smallest absolute Gasteiger partial charge is 0.340 e. The minimum Gasteiger partial charge on any atom is -0.504 e. The number of carbonyl (C=O) groups is 2.